The third-order valence-electron chi connectivity index (χ3n) is 6.32. The molecule has 0 bridgehead atoms. The number of aromatic nitrogens is 4. The lowest BCUT2D eigenvalue weighted by molar-refractivity contribution is 0.0922. The zero-order valence-corrected chi connectivity index (χ0v) is 16.1. The first-order valence-corrected chi connectivity index (χ1v) is 10.1. The Bertz CT molecular complexity index is 953. The zero-order chi connectivity index (χ0) is 19.1. The van der Waals surface area contributed by atoms with Gasteiger partial charge in [-0.15, -0.1) is 0 Å². The van der Waals surface area contributed by atoms with Crippen molar-refractivity contribution >= 4 is 10.9 Å². The third kappa shape index (κ3) is 3.20. The van der Waals surface area contributed by atoms with Crippen LogP contribution in [0.1, 0.15) is 37.5 Å². The Hall–Kier alpha value is -2.32. The number of aromatic amines is 1. The molecule has 2 aromatic heterocycles. The van der Waals surface area contributed by atoms with Crippen molar-refractivity contribution in [3.8, 4) is 11.4 Å². The van der Waals surface area contributed by atoms with Crippen LogP contribution in [0.2, 0.25) is 0 Å². The van der Waals surface area contributed by atoms with Crippen LogP contribution in [0, 0.1) is 5.82 Å². The fourth-order valence-electron chi connectivity index (χ4n) is 4.59. The number of nitrogens with zero attached hydrogens (tertiary/aromatic N) is 5. The Balaban J connectivity index is 1.30. The van der Waals surface area contributed by atoms with Crippen molar-refractivity contribution in [2.45, 2.75) is 37.6 Å². The van der Waals surface area contributed by atoms with Crippen LogP contribution in [-0.4, -0.2) is 69.4 Å². The summed E-state index contributed by atoms with van der Waals surface area (Å²) in [5.41, 5.74) is 1.11. The van der Waals surface area contributed by atoms with Gasteiger partial charge in [0.25, 0.3) is 0 Å². The van der Waals surface area contributed by atoms with Crippen LogP contribution < -0.4 is 0 Å². The molecule has 2 fully saturated rings. The molecule has 3 aromatic rings. The molecule has 2 aliphatic heterocycles. The highest BCUT2D eigenvalue weighted by atomic mass is 19.1. The number of fused-ring (bicyclic) bond motifs is 1. The van der Waals surface area contributed by atoms with Gasteiger partial charge in [-0.05, 0) is 71.0 Å². The van der Waals surface area contributed by atoms with Crippen LogP contribution in [0.15, 0.2) is 22.9 Å². The molecule has 148 valence electrons. The smallest absolute Gasteiger partial charge is 0.230 e. The van der Waals surface area contributed by atoms with Gasteiger partial charge in [-0.2, -0.15) is 10.1 Å². The molecular formula is C20H25FN6O. The van der Waals surface area contributed by atoms with Crippen molar-refractivity contribution in [3.05, 3.63) is 30.0 Å². The van der Waals surface area contributed by atoms with Crippen LogP contribution in [0.4, 0.5) is 4.39 Å². The Morgan fingerprint density at radius 1 is 1.11 bits per heavy atom. The Labute approximate surface area is 162 Å². The number of hydrogen-bond donors (Lipinski definition) is 1. The Morgan fingerprint density at radius 3 is 2.68 bits per heavy atom. The minimum Gasteiger partial charge on any atom is -0.339 e. The summed E-state index contributed by atoms with van der Waals surface area (Å²) in [6, 6.07) is 3.77. The molecule has 0 aliphatic carbocycles. The Kier molecular flexibility index (Phi) is 4.60. The maximum absolute atomic E-state index is 14.4. The first kappa shape index (κ1) is 17.8. The topological polar surface area (TPSA) is 74.1 Å². The van der Waals surface area contributed by atoms with Crippen molar-refractivity contribution in [1.82, 2.24) is 30.1 Å². The second kappa shape index (κ2) is 7.25. The number of benzene rings is 1. The summed E-state index contributed by atoms with van der Waals surface area (Å²) >= 11 is 0. The molecule has 0 unspecified atom stereocenters. The van der Waals surface area contributed by atoms with Crippen LogP contribution >= 0.6 is 0 Å². The minimum absolute atomic E-state index is 0.246. The highest BCUT2D eigenvalue weighted by Gasteiger charge is 2.30. The molecule has 7 nitrogen and oxygen atoms in total. The average Bonchev–Trinajstić information content (AvgIpc) is 3.38. The van der Waals surface area contributed by atoms with Gasteiger partial charge in [-0.25, -0.2) is 4.39 Å². The molecule has 0 atom stereocenters. The standard InChI is InChI=1S/C20H25FN6O/c1-26-8-6-14(7-9-26)27-10-4-13(5-11-27)20-23-19(25-28-20)18-15-12-22-24-17(15)3-2-16(18)21/h2-3,12-14H,4-11H2,1H3,(H,22,24). The lowest BCUT2D eigenvalue weighted by atomic mass is 9.93. The van der Waals surface area contributed by atoms with Gasteiger partial charge in [0.15, 0.2) is 0 Å². The maximum Gasteiger partial charge on any atom is 0.230 e. The van der Waals surface area contributed by atoms with Crippen molar-refractivity contribution in [1.29, 1.82) is 0 Å². The van der Waals surface area contributed by atoms with Gasteiger partial charge in [-0.3, -0.25) is 5.10 Å². The van der Waals surface area contributed by atoms with E-state index in [0.29, 0.717) is 28.7 Å². The maximum atomic E-state index is 14.4. The molecule has 28 heavy (non-hydrogen) atoms. The summed E-state index contributed by atoms with van der Waals surface area (Å²) in [6.45, 7) is 4.48. The molecule has 0 saturated carbocycles. The van der Waals surface area contributed by atoms with Crippen LogP contribution in [0.5, 0.6) is 0 Å². The normalized spacial score (nSPS) is 20.9. The molecule has 5 rings (SSSR count). The second-order valence-electron chi connectivity index (χ2n) is 8.05. The molecular weight excluding hydrogens is 359 g/mol. The number of nitrogens with one attached hydrogen (secondary N) is 1. The monoisotopic (exact) mass is 384 g/mol. The summed E-state index contributed by atoms with van der Waals surface area (Å²) in [7, 11) is 2.20. The molecule has 0 spiro atoms. The summed E-state index contributed by atoms with van der Waals surface area (Å²) in [5.74, 6) is 0.809. The first-order chi connectivity index (χ1) is 13.7. The summed E-state index contributed by atoms with van der Waals surface area (Å²) < 4.78 is 20.0. The molecule has 4 heterocycles. The molecule has 2 aliphatic rings. The van der Waals surface area contributed by atoms with Crippen molar-refractivity contribution in [3.63, 3.8) is 0 Å². The summed E-state index contributed by atoms with van der Waals surface area (Å²) in [4.78, 5) is 9.58. The van der Waals surface area contributed by atoms with Crippen molar-refractivity contribution < 1.29 is 8.91 Å². The van der Waals surface area contributed by atoms with Gasteiger partial charge in [0.2, 0.25) is 11.7 Å². The van der Waals surface area contributed by atoms with Crippen LogP contribution in [0.25, 0.3) is 22.3 Å². The number of rotatable bonds is 3. The van der Waals surface area contributed by atoms with Crippen molar-refractivity contribution in [2.24, 2.45) is 0 Å². The number of hydrogen-bond acceptors (Lipinski definition) is 6. The SMILES string of the molecule is CN1CCC(N2CCC(c3nc(-c4c(F)ccc5[nH]ncc45)no3)CC2)CC1. The van der Waals surface area contributed by atoms with Gasteiger partial charge in [0.1, 0.15) is 5.82 Å². The highest BCUT2D eigenvalue weighted by molar-refractivity contribution is 5.92. The largest absolute Gasteiger partial charge is 0.339 e. The first-order valence-electron chi connectivity index (χ1n) is 10.1. The predicted octanol–water partition coefficient (Wildman–Crippen LogP) is 3.03. The fourth-order valence-corrected chi connectivity index (χ4v) is 4.59. The van der Waals surface area contributed by atoms with Gasteiger partial charge >= 0.3 is 0 Å². The quantitative estimate of drug-likeness (QED) is 0.748. The number of H-pyrrole nitrogens is 1. The van der Waals surface area contributed by atoms with E-state index in [1.54, 1.807) is 12.3 Å². The summed E-state index contributed by atoms with van der Waals surface area (Å²) in [5, 5.41) is 11.6. The minimum atomic E-state index is -0.363. The van der Waals surface area contributed by atoms with Crippen molar-refractivity contribution in [2.75, 3.05) is 33.2 Å². The van der Waals surface area contributed by atoms with E-state index in [1.807, 2.05) is 0 Å². The van der Waals surface area contributed by atoms with E-state index in [1.165, 1.54) is 32.0 Å². The fraction of sp³-hybridized carbons (Fsp3) is 0.550. The molecule has 0 radical (unpaired) electrons. The third-order valence-corrected chi connectivity index (χ3v) is 6.32. The molecule has 2 saturated heterocycles. The van der Waals surface area contributed by atoms with Crippen LogP contribution in [-0.2, 0) is 0 Å². The number of likely N-dealkylation sites (tertiary alicyclic amines) is 2. The van der Waals surface area contributed by atoms with E-state index in [9.17, 15) is 4.39 Å². The van der Waals surface area contributed by atoms with E-state index >= 15 is 0 Å². The lowest BCUT2D eigenvalue weighted by Gasteiger charge is -2.40. The molecule has 1 N–H and O–H groups in total. The number of piperidine rings is 2. The van der Waals surface area contributed by atoms with E-state index < -0.39 is 0 Å². The van der Waals surface area contributed by atoms with E-state index in [0.717, 1.165) is 31.4 Å². The van der Waals surface area contributed by atoms with E-state index in [-0.39, 0.29) is 11.7 Å². The Morgan fingerprint density at radius 2 is 1.89 bits per heavy atom. The molecule has 1 aromatic carbocycles. The molecule has 0 amide bonds. The summed E-state index contributed by atoms with van der Waals surface area (Å²) in [6.07, 6.45) is 6.11. The zero-order valence-electron chi connectivity index (χ0n) is 16.1. The van der Waals surface area contributed by atoms with Gasteiger partial charge in [-0.1, -0.05) is 5.16 Å². The van der Waals surface area contributed by atoms with E-state index in [4.69, 9.17) is 4.52 Å². The van der Waals surface area contributed by atoms with Gasteiger partial charge in [0, 0.05) is 17.3 Å². The second-order valence-corrected chi connectivity index (χ2v) is 8.05. The van der Waals surface area contributed by atoms with E-state index in [2.05, 4.69) is 37.2 Å². The lowest BCUT2D eigenvalue weighted by Crippen LogP contribution is -2.46. The predicted molar refractivity (Wildman–Crippen MR) is 103 cm³/mol. The van der Waals surface area contributed by atoms with Gasteiger partial charge in [0.05, 0.1) is 17.3 Å². The van der Waals surface area contributed by atoms with Gasteiger partial charge < -0.3 is 14.3 Å². The highest BCUT2D eigenvalue weighted by Crippen LogP contribution is 2.33. The average molecular weight is 384 g/mol. The van der Waals surface area contributed by atoms with Crippen LogP contribution in [0.3, 0.4) is 0 Å². The molecule has 8 heteroatoms. The number of halogens is 1.